The molecule has 0 unspecified atom stereocenters. The normalized spacial score (nSPS) is 23.8. The van der Waals surface area contributed by atoms with Gasteiger partial charge in [-0.1, -0.05) is 13.0 Å². The van der Waals surface area contributed by atoms with E-state index in [4.69, 9.17) is 0 Å². The number of hydrogen-bond donors (Lipinski definition) is 2. The summed E-state index contributed by atoms with van der Waals surface area (Å²) < 4.78 is 0. The van der Waals surface area contributed by atoms with Gasteiger partial charge in [0.2, 0.25) is 0 Å². The van der Waals surface area contributed by atoms with Gasteiger partial charge in [-0.05, 0) is 44.8 Å². The lowest BCUT2D eigenvalue weighted by Gasteiger charge is -2.19. The van der Waals surface area contributed by atoms with E-state index in [1.807, 2.05) is 0 Å². The molecule has 0 saturated heterocycles. The lowest BCUT2D eigenvalue weighted by Crippen LogP contribution is -2.42. The molecule has 2 amide bonds. The van der Waals surface area contributed by atoms with E-state index in [1.165, 1.54) is 11.3 Å². The Morgan fingerprint density at radius 3 is 2.90 bits per heavy atom. The molecule has 0 aliphatic heterocycles. The van der Waals surface area contributed by atoms with Crippen LogP contribution in [0.1, 0.15) is 37.0 Å². The van der Waals surface area contributed by atoms with Crippen molar-refractivity contribution in [3.05, 3.63) is 22.4 Å². The van der Waals surface area contributed by atoms with Crippen molar-refractivity contribution in [2.45, 2.75) is 44.2 Å². The molecule has 1 heterocycles. The third-order valence-corrected chi connectivity index (χ3v) is 5.17. The smallest absolute Gasteiger partial charge is 0.315 e. The topological polar surface area (TPSA) is 44.4 Å². The number of carbonyl (C=O) groups is 1. The van der Waals surface area contributed by atoms with Gasteiger partial charge in [0.25, 0.3) is 0 Å². The molecular weight excluding hydrogens is 270 g/mol. The van der Waals surface area contributed by atoms with Crippen LogP contribution in [0.15, 0.2) is 17.5 Å². The number of hydrogen-bond acceptors (Lipinski definition) is 3. The Kier molecular flexibility index (Phi) is 5.43. The number of nitrogens with one attached hydrogen (secondary N) is 2. The molecule has 1 aliphatic carbocycles. The third-order valence-electron chi connectivity index (χ3n) is 4.07. The van der Waals surface area contributed by atoms with Crippen LogP contribution in [0, 0.1) is 0 Å². The van der Waals surface area contributed by atoms with Gasteiger partial charge in [-0.15, -0.1) is 11.3 Å². The second kappa shape index (κ2) is 7.09. The van der Waals surface area contributed by atoms with Gasteiger partial charge in [0.1, 0.15) is 0 Å². The first-order valence-electron chi connectivity index (χ1n) is 7.30. The van der Waals surface area contributed by atoms with E-state index in [0.29, 0.717) is 24.5 Å². The Morgan fingerprint density at radius 1 is 1.50 bits per heavy atom. The molecule has 3 atom stereocenters. The molecule has 2 rings (SSSR count). The van der Waals surface area contributed by atoms with Gasteiger partial charge in [-0.25, -0.2) is 4.79 Å². The molecule has 20 heavy (non-hydrogen) atoms. The number of amides is 2. The van der Waals surface area contributed by atoms with Gasteiger partial charge in [-0.2, -0.15) is 0 Å². The molecule has 5 heteroatoms. The van der Waals surface area contributed by atoms with E-state index in [0.717, 1.165) is 12.8 Å². The predicted octanol–water partition coefficient (Wildman–Crippen LogP) is 2.63. The van der Waals surface area contributed by atoms with Gasteiger partial charge in [-0.3, -0.25) is 0 Å². The number of thiophene rings is 1. The first-order chi connectivity index (χ1) is 9.56. The van der Waals surface area contributed by atoms with E-state index < -0.39 is 0 Å². The van der Waals surface area contributed by atoms with Crippen molar-refractivity contribution >= 4 is 17.4 Å². The molecule has 0 aromatic carbocycles. The fourth-order valence-corrected chi connectivity index (χ4v) is 3.50. The zero-order valence-corrected chi connectivity index (χ0v) is 13.4. The molecule has 1 aromatic heterocycles. The Labute approximate surface area is 125 Å². The lowest BCUT2D eigenvalue weighted by atomic mass is 10.1. The summed E-state index contributed by atoms with van der Waals surface area (Å²) in [5.74, 6) is 0.374. The van der Waals surface area contributed by atoms with Crippen LogP contribution in [0.25, 0.3) is 0 Å². The molecular formula is C15H25N3OS. The summed E-state index contributed by atoms with van der Waals surface area (Å²) in [6, 6.07) is 5.06. The third kappa shape index (κ3) is 4.21. The fraction of sp³-hybridized carbons (Fsp3) is 0.667. The maximum Gasteiger partial charge on any atom is 0.315 e. The lowest BCUT2D eigenvalue weighted by molar-refractivity contribution is 0.235. The minimum atomic E-state index is -0.0298. The van der Waals surface area contributed by atoms with Crippen LogP contribution in [0.3, 0.4) is 0 Å². The Morgan fingerprint density at radius 2 is 2.30 bits per heavy atom. The van der Waals surface area contributed by atoms with E-state index >= 15 is 0 Å². The Bertz CT molecular complexity index is 419. The first kappa shape index (κ1) is 15.3. The van der Waals surface area contributed by atoms with Crippen molar-refractivity contribution < 1.29 is 4.79 Å². The zero-order chi connectivity index (χ0) is 14.5. The first-order valence-corrected chi connectivity index (χ1v) is 8.18. The Hall–Kier alpha value is -1.07. The van der Waals surface area contributed by atoms with Crippen LogP contribution < -0.4 is 10.6 Å². The van der Waals surface area contributed by atoms with Gasteiger partial charge in [0.05, 0.1) is 0 Å². The van der Waals surface area contributed by atoms with Crippen LogP contribution >= 0.6 is 11.3 Å². The van der Waals surface area contributed by atoms with Crippen molar-refractivity contribution in [2.75, 3.05) is 20.6 Å². The highest BCUT2D eigenvalue weighted by Crippen LogP contribution is 2.22. The fourth-order valence-electron chi connectivity index (χ4n) is 2.71. The minimum absolute atomic E-state index is 0.0298. The molecule has 2 N–H and O–H groups in total. The molecule has 1 fully saturated rings. The Balaban J connectivity index is 1.68. The highest BCUT2D eigenvalue weighted by atomic mass is 32.1. The van der Waals surface area contributed by atoms with Gasteiger partial charge < -0.3 is 15.5 Å². The zero-order valence-electron chi connectivity index (χ0n) is 12.6. The molecule has 0 bridgehead atoms. The van der Waals surface area contributed by atoms with Crippen LogP contribution in [-0.4, -0.2) is 43.7 Å². The number of urea groups is 1. The molecule has 1 saturated carbocycles. The summed E-state index contributed by atoms with van der Waals surface area (Å²) in [6.45, 7) is 2.83. The van der Waals surface area contributed by atoms with Crippen LogP contribution in [0.5, 0.6) is 0 Å². The largest absolute Gasteiger partial charge is 0.338 e. The maximum atomic E-state index is 11.9. The van der Waals surface area contributed by atoms with E-state index in [-0.39, 0.29) is 6.03 Å². The van der Waals surface area contributed by atoms with Gasteiger partial charge in [0, 0.05) is 29.4 Å². The average molecular weight is 295 g/mol. The quantitative estimate of drug-likeness (QED) is 0.877. The van der Waals surface area contributed by atoms with Crippen LogP contribution in [0.4, 0.5) is 4.79 Å². The average Bonchev–Trinajstić information content (AvgIpc) is 3.06. The second-order valence-corrected chi connectivity index (χ2v) is 6.88. The van der Waals surface area contributed by atoms with E-state index in [9.17, 15) is 4.79 Å². The van der Waals surface area contributed by atoms with Crippen molar-refractivity contribution in [1.82, 2.24) is 15.5 Å². The standard InChI is InChI=1S/C15H25N3OS/c1-11(14-5-4-8-20-14)10-16-15(19)17-12-6-7-13(9-12)18(2)3/h4-5,8,11-13H,6-7,9-10H2,1-3H3,(H2,16,17,19)/t11-,12-,13+/m1/s1. The molecule has 1 aromatic rings. The van der Waals surface area contributed by atoms with Crippen molar-refractivity contribution in [2.24, 2.45) is 0 Å². The van der Waals surface area contributed by atoms with Gasteiger partial charge >= 0.3 is 6.03 Å². The number of nitrogens with zero attached hydrogens (tertiary/aromatic N) is 1. The van der Waals surface area contributed by atoms with E-state index in [2.05, 4.69) is 54.1 Å². The highest BCUT2D eigenvalue weighted by molar-refractivity contribution is 7.10. The monoisotopic (exact) mass is 295 g/mol. The van der Waals surface area contributed by atoms with Crippen LogP contribution in [-0.2, 0) is 0 Å². The highest BCUT2D eigenvalue weighted by Gasteiger charge is 2.27. The minimum Gasteiger partial charge on any atom is -0.338 e. The SMILES string of the molecule is C[C@H](CNC(=O)N[C@@H]1CC[C@H](N(C)C)C1)c1cccs1. The van der Waals surface area contributed by atoms with Crippen molar-refractivity contribution in [3.63, 3.8) is 0 Å². The molecule has 1 aliphatic rings. The maximum absolute atomic E-state index is 11.9. The predicted molar refractivity (Wildman–Crippen MR) is 84.4 cm³/mol. The summed E-state index contributed by atoms with van der Waals surface area (Å²) >= 11 is 1.74. The second-order valence-electron chi connectivity index (χ2n) is 5.90. The summed E-state index contributed by atoms with van der Waals surface area (Å²) in [6.07, 6.45) is 3.31. The van der Waals surface area contributed by atoms with Crippen molar-refractivity contribution in [3.8, 4) is 0 Å². The molecule has 0 radical (unpaired) electrons. The summed E-state index contributed by atoms with van der Waals surface area (Å²) in [5.41, 5.74) is 0. The van der Waals surface area contributed by atoms with E-state index in [1.54, 1.807) is 11.3 Å². The summed E-state index contributed by atoms with van der Waals surface area (Å²) in [4.78, 5) is 15.5. The molecule has 4 nitrogen and oxygen atoms in total. The summed E-state index contributed by atoms with van der Waals surface area (Å²) in [7, 11) is 4.21. The number of rotatable bonds is 5. The number of carbonyl (C=O) groups excluding carboxylic acids is 1. The van der Waals surface area contributed by atoms with Crippen molar-refractivity contribution in [1.29, 1.82) is 0 Å². The molecule has 112 valence electrons. The molecule has 0 spiro atoms. The van der Waals surface area contributed by atoms with Gasteiger partial charge in [0.15, 0.2) is 0 Å². The van der Waals surface area contributed by atoms with Crippen LogP contribution in [0.2, 0.25) is 0 Å². The summed E-state index contributed by atoms with van der Waals surface area (Å²) in [5, 5.41) is 8.15.